The Kier molecular flexibility index (Phi) is 5.26. The van der Waals surface area contributed by atoms with Crippen LogP contribution in [0.3, 0.4) is 0 Å². The summed E-state index contributed by atoms with van der Waals surface area (Å²) in [5.41, 5.74) is 6.15. The van der Waals surface area contributed by atoms with Crippen LogP contribution in [0.1, 0.15) is 64.7 Å². The van der Waals surface area contributed by atoms with E-state index in [0.717, 1.165) is 18.8 Å². The summed E-state index contributed by atoms with van der Waals surface area (Å²) in [4.78, 5) is 14.4. The fraction of sp³-hybridized carbons (Fsp3) is 0.938. The van der Waals surface area contributed by atoms with Gasteiger partial charge in [0.05, 0.1) is 0 Å². The van der Waals surface area contributed by atoms with Gasteiger partial charge in [-0.2, -0.15) is 0 Å². The zero-order chi connectivity index (χ0) is 13.8. The molecule has 2 atom stereocenters. The fourth-order valence-electron chi connectivity index (χ4n) is 3.69. The van der Waals surface area contributed by atoms with Crippen LogP contribution in [-0.4, -0.2) is 29.9 Å². The van der Waals surface area contributed by atoms with Gasteiger partial charge >= 0.3 is 0 Å². The predicted octanol–water partition coefficient (Wildman–Crippen LogP) is 2.93. The lowest BCUT2D eigenvalue weighted by atomic mass is 9.82. The lowest BCUT2D eigenvalue weighted by Crippen LogP contribution is -2.42. The lowest BCUT2D eigenvalue weighted by molar-refractivity contribution is -0.134. The maximum Gasteiger partial charge on any atom is 0.222 e. The third-order valence-electron chi connectivity index (χ3n) is 5.33. The minimum Gasteiger partial charge on any atom is -0.343 e. The summed E-state index contributed by atoms with van der Waals surface area (Å²) >= 11 is 0. The minimum absolute atomic E-state index is 0.248. The Balaban J connectivity index is 1.81. The largest absolute Gasteiger partial charge is 0.343 e. The van der Waals surface area contributed by atoms with Crippen molar-refractivity contribution in [1.29, 1.82) is 0 Å². The highest BCUT2D eigenvalue weighted by molar-refractivity contribution is 5.76. The number of nitrogens with zero attached hydrogens (tertiary/aromatic N) is 1. The summed E-state index contributed by atoms with van der Waals surface area (Å²) in [6, 6.07) is 0.723. The number of amides is 1. The van der Waals surface area contributed by atoms with Crippen molar-refractivity contribution < 1.29 is 4.79 Å². The smallest absolute Gasteiger partial charge is 0.222 e. The molecular weight excluding hydrogens is 236 g/mol. The van der Waals surface area contributed by atoms with E-state index in [1.165, 1.54) is 38.5 Å². The summed E-state index contributed by atoms with van der Waals surface area (Å²) in [5, 5.41) is 0. The van der Waals surface area contributed by atoms with E-state index in [2.05, 4.69) is 6.92 Å². The Morgan fingerprint density at radius 3 is 2.37 bits per heavy atom. The van der Waals surface area contributed by atoms with Crippen molar-refractivity contribution in [3.8, 4) is 0 Å². The van der Waals surface area contributed by atoms with E-state index in [9.17, 15) is 4.79 Å². The quantitative estimate of drug-likeness (QED) is 0.853. The second-order valence-electron chi connectivity index (χ2n) is 6.83. The maximum absolute atomic E-state index is 12.4. The first-order chi connectivity index (χ1) is 9.08. The van der Waals surface area contributed by atoms with Gasteiger partial charge in [-0.1, -0.05) is 19.8 Å². The molecule has 2 aliphatic carbocycles. The van der Waals surface area contributed by atoms with Crippen molar-refractivity contribution in [2.24, 2.45) is 17.6 Å². The first-order valence-electron chi connectivity index (χ1n) is 8.09. The average Bonchev–Trinajstić information content (AvgIpc) is 2.41. The number of hydrogen-bond acceptors (Lipinski definition) is 2. The molecule has 0 aliphatic heterocycles. The molecule has 2 saturated carbocycles. The van der Waals surface area contributed by atoms with Gasteiger partial charge in [-0.15, -0.1) is 0 Å². The summed E-state index contributed by atoms with van der Waals surface area (Å²) in [7, 11) is 2.00. The van der Waals surface area contributed by atoms with E-state index in [1.54, 1.807) is 0 Å². The number of carbonyl (C=O) groups excluding carboxylic acids is 1. The Bertz CT molecular complexity index is 297. The van der Waals surface area contributed by atoms with Crippen LogP contribution >= 0.6 is 0 Å². The molecule has 2 aliphatic rings. The molecule has 2 fully saturated rings. The van der Waals surface area contributed by atoms with Gasteiger partial charge in [0.2, 0.25) is 5.91 Å². The zero-order valence-corrected chi connectivity index (χ0v) is 12.6. The lowest BCUT2D eigenvalue weighted by Gasteiger charge is -2.35. The van der Waals surface area contributed by atoms with E-state index in [0.29, 0.717) is 24.3 Å². The molecule has 0 bridgehead atoms. The van der Waals surface area contributed by atoms with Gasteiger partial charge in [0.15, 0.2) is 0 Å². The Hall–Kier alpha value is -0.570. The molecule has 2 N–H and O–H groups in total. The molecule has 2 rings (SSSR count). The highest BCUT2D eigenvalue weighted by Gasteiger charge is 2.29. The number of nitrogens with two attached hydrogens (primary N) is 1. The third-order valence-corrected chi connectivity index (χ3v) is 5.33. The SMILES string of the molecule is CC1CCC(N(C)C(=O)CC2CCCCC2N)CC1. The normalized spacial score (nSPS) is 35.9. The molecule has 3 heteroatoms. The summed E-state index contributed by atoms with van der Waals surface area (Å²) < 4.78 is 0. The first kappa shape index (κ1) is 14.8. The fourth-order valence-corrected chi connectivity index (χ4v) is 3.69. The molecule has 0 aromatic carbocycles. The molecule has 19 heavy (non-hydrogen) atoms. The molecule has 0 spiro atoms. The predicted molar refractivity (Wildman–Crippen MR) is 78.7 cm³/mol. The van der Waals surface area contributed by atoms with Crippen LogP contribution < -0.4 is 5.73 Å². The van der Waals surface area contributed by atoms with Crippen molar-refractivity contribution in [2.75, 3.05) is 7.05 Å². The molecule has 0 heterocycles. The van der Waals surface area contributed by atoms with Crippen molar-refractivity contribution in [2.45, 2.75) is 76.8 Å². The van der Waals surface area contributed by atoms with Crippen LogP contribution in [0.2, 0.25) is 0 Å². The molecule has 1 amide bonds. The van der Waals surface area contributed by atoms with Crippen LogP contribution in [-0.2, 0) is 4.79 Å². The molecule has 110 valence electrons. The van der Waals surface area contributed by atoms with Gasteiger partial charge < -0.3 is 10.6 Å². The molecular formula is C16H30N2O. The number of hydrogen-bond donors (Lipinski definition) is 1. The zero-order valence-electron chi connectivity index (χ0n) is 12.6. The first-order valence-corrected chi connectivity index (χ1v) is 8.09. The Morgan fingerprint density at radius 2 is 1.74 bits per heavy atom. The van der Waals surface area contributed by atoms with E-state index in [-0.39, 0.29) is 6.04 Å². The van der Waals surface area contributed by atoms with Crippen molar-refractivity contribution in [3.63, 3.8) is 0 Å². The average molecular weight is 266 g/mol. The van der Waals surface area contributed by atoms with Gasteiger partial charge in [-0.3, -0.25) is 4.79 Å². The van der Waals surface area contributed by atoms with Crippen LogP contribution in [0, 0.1) is 11.8 Å². The molecule has 0 radical (unpaired) electrons. The molecule has 0 aromatic rings. The molecule has 0 saturated heterocycles. The minimum atomic E-state index is 0.248. The monoisotopic (exact) mass is 266 g/mol. The van der Waals surface area contributed by atoms with Crippen LogP contribution in [0.5, 0.6) is 0 Å². The second kappa shape index (κ2) is 6.74. The number of rotatable bonds is 3. The third kappa shape index (κ3) is 3.95. The van der Waals surface area contributed by atoms with E-state index >= 15 is 0 Å². The Labute approximate surface area is 117 Å². The Morgan fingerprint density at radius 1 is 1.11 bits per heavy atom. The van der Waals surface area contributed by atoms with E-state index in [1.807, 2.05) is 11.9 Å². The van der Waals surface area contributed by atoms with Crippen LogP contribution in [0.4, 0.5) is 0 Å². The van der Waals surface area contributed by atoms with Crippen LogP contribution in [0.25, 0.3) is 0 Å². The topological polar surface area (TPSA) is 46.3 Å². The summed E-state index contributed by atoms with van der Waals surface area (Å²) in [5.74, 6) is 1.58. The summed E-state index contributed by atoms with van der Waals surface area (Å²) in [6.07, 6.45) is 10.3. The molecule has 2 unspecified atom stereocenters. The molecule has 3 nitrogen and oxygen atoms in total. The van der Waals surface area contributed by atoms with E-state index in [4.69, 9.17) is 5.73 Å². The highest BCUT2D eigenvalue weighted by Crippen LogP contribution is 2.29. The van der Waals surface area contributed by atoms with E-state index < -0.39 is 0 Å². The summed E-state index contributed by atoms with van der Waals surface area (Å²) in [6.45, 7) is 2.32. The van der Waals surface area contributed by atoms with Gasteiger partial charge in [0.25, 0.3) is 0 Å². The standard InChI is InChI=1S/C16H30N2O/c1-12-7-9-14(10-8-12)18(2)16(19)11-13-5-3-4-6-15(13)17/h12-15H,3-11,17H2,1-2H3. The second-order valence-corrected chi connectivity index (χ2v) is 6.83. The van der Waals surface area contributed by atoms with Crippen molar-refractivity contribution in [1.82, 2.24) is 4.90 Å². The van der Waals surface area contributed by atoms with Gasteiger partial charge in [0.1, 0.15) is 0 Å². The van der Waals surface area contributed by atoms with Gasteiger partial charge in [-0.05, 0) is 50.4 Å². The van der Waals surface area contributed by atoms with Crippen molar-refractivity contribution in [3.05, 3.63) is 0 Å². The van der Waals surface area contributed by atoms with Gasteiger partial charge in [0, 0.05) is 25.6 Å². The van der Waals surface area contributed by atoms with Crippen LogP contribution in [0.15, 0.2) is 0 Å². The van der Waals surface area contributed by atoms with Crippen molar-refractivity contribution >= 4 is 5.91 Å². The maximum atomic E-state index is 12.4. The highest BCUT2D eigenvalue weighted by atomic mass is 16.2. The molecule has 0 aromatic heterocycles. The number of carbonyl (C=O) groups is 1. The van der Waals surface area contributed by atoms with Gasteiger partial charge in [-0.25, -0.2) is 0 Å².